The quantitative estimate of drug-likeness (QED) is 0.0200. The summed E-state index contributed by atoms with van der Waals surface area (Å²) < 4.78 is 118. The molecule has 0 aliphatic carbocycles. The van der Waals surface area contributed by atoms with Crippen LogP contribution in [0, 0.1) is 34.9 Å². The van der Waals surface area contributed by atoms with Crippen LogP contribution >= 0.6 is 0 Å². The fourth-order valence-corrected chi connectivity index (χ4v) is 11.7. The molecule has 0 unspecified atom stereocenters. The van der Waals surface area contributed by atoms with Gasteiger partial charge in [0.15, 0.2) is 23.1 Å². The van der Waals surface area contributed by atoms with Gasteiger partial charge in [-0.3, -0.25) is 29.1 Å². The van der Waals surface area contributed by atoms with Gasteiger partial charge in [-0.25, -0.2) is 26.3 Å². The molecule has 0 radical (unpaired) electrons. The first kappa shape index (κ1) is 83.7. The van der Waals surface area contributed by atoms with Crippen molar-refractivity contribution in [2.45, 2.75) is 76.7 Å². The summed E-state index contributed by atoms with van der Waals surface area (Å²) in [5.41, 5.74) is 22.3. The van der Waals surface area contributed by atoms with Crippen molar-refractivity contribution in [2.24, 2.45) is 17.2 Å². The molecule has 12 rings (SSSR count). The number of carboxylic acid groups (broad SMARTS) is 3. The summed E-state index contributed by atoms with van der Waals surface area (Å²) in [5, 5.41) is 27.9. The molecule has 0 aliphatic heterocycles. The Morgan fingerprint density at radius 3 is 0.737 bits per heavy atom. The fraction of sp³-hybridized carbons (Fsp3) is 0.167. The van der Waals surface area contributed by atoms with Gasteiger partial charge in [0.1, 0.15) is 98.9 Å². The van der Waals surface area contributed by atoms with E-state index in [0.29, 0.717) is 116 Å². The van der Waals surface area contributed by atoms with Crippen molar-refractivity contribution >= 4 is 17.9 Å². The van der Waals surface area contributed by atoms with Crippen molar-refractivity contribution in [1.82, 2.24) is 14.7 Å². The number of nitrogens with two attached hydrogens (primary N) is 3. The zero-order chi connectivity index (χ0) is 80.7. The van der Waals surface area contributed by atoms with Gasteiger partial charge in [-0.15, -0.1) is 0 Å². The molecule has 0 bridgehead atoms. The van der Waals surface area contributed by atoms with Crippen LogP contribution in [-0.4, -0.2) is 85.7 Å². The molecule has 0 saturated heterocycles. The van der Waals surface area contributed by atoms with Crippen molar-refractivity contribution in [2.75, 3.05) is 19.6 Å². The monoisotopic (exact) mass is 1550 g/mol. The number of carboxylic acids is 3. The van der Waals surface area contributed by atoms with Crippen molar-refractivity contribution in [1.29, 1.82) is 0 Å². The molecular weight excluding hydrogens is 1470 g/mol. The standard InChI is InChI=1S/3C30H28F2N2O4/c31-23-11-3-7-15-28(23)37-26-13-5-1-9-21(26)19-34(18-17-25(33)30(35)36)20-22-10-2-6-14-27(22)38-29-16-8-4-12-24(29)32;31-23-9-5-11-25(17-23)37-28-13-3-1-7-21(28)19-34(16-15-27(33)30(35)36)20-22-8-2-4-14-29(22)38-26-12-6-10-24(32)18-26;31-23-9-13-25(14-10-23)37-28-7-3-1-5-21(28)19-34(18-17-27(33)30(35)36)20-22-6-2-4-8-29(22)38-26-15-11-24(32)12-16-26/h1-16,25H,17-20,33H2,(H,35,36);1-14,17-18,27H,15-16,19-20,33H2,(H,35,36);1-16,27H,17-20,33H2,(H,35,36)/t25-;2*27-/m000/s1. The predicted molar refractivity (Wildman–Crippen MR) is 421 cm³/mol. The summed E-state index contributed by atoms with van der Waals surface area (Å²) in [4.78, 5) is 40.1. The van der Waals surface area contributed by atoms with E-state index in [9.17, 15) is 56.0 Å². The van der Waals surface area contributed by atoms with Gasteiger partial charge >= 0.3 is 17.9 Å². The molecule has 12 aromatic rings. The average molecular weight is 1560 g/mol. The summed E-state index contributed by atoms with van der Waals surface area (Å²) in [7, 11) is 0. The summed E-state index contributed by atoms with van der Waals surface area (Å²) in [6.45, 7) is 3.45. The van der Waals surface area contributed by atoms with E-state index in [1.165, 1.54) is 60.7 Å². The lowest BCUT2D eigenvalue weighted by Gasteiger charge is -2.25. The third-order valence-corrected chi connectivity index (χ3v) is 17.7. The van der Waals surface area contributed by atoms with Gasteiger partial charge in [0, 0.05) is 104 Å². The third-order valence-electron chi connectivity index (χ3n) is 17.7. The highest BCUT2D eigenvalue weighted by Crippen LogP contribution is 2.36. The van der Waals surface area contributed by atoms with Crippen LogP contribution in [0.1, 0.15) is 52.6 Å². The zero-order valence-corrected chi connectivity index (χ0v) is 61.8. The van der Waals surface area contributed by atoms with Crippen molar-refractivity contribution < 1.29 is 84.5 Å². The molecular formula is C90H84F6N6O12. The molecule has 114 heavy (non-hydrogen) atoms. The second kappa shape index (κ2) is 42.6. The number of carbonyl (C=O) groups is 3. The smallest absolute Gasteiger partial charge is 0.320 e. The van der Waals surface area contributed by atoms with Crippen LogP contribution < -0.4 is 45.6 Å². The maximum atomic E-state index is 14.2. The third kappa shape index (κ3) is 26.4. The van der Waals surface area contributed by atoms with E-state index in [1.54, 1.807) is 121 Å². The van der Waals surface area contributed by atoms with Crippen LogP contribution in [0.4, 0.5) is 26.3 Å². The SMILES string of the molecule is N[C@@H](CCN(Cc1ccccc1Oc1ccc(F)cc1)Cc1ccccc1Oc1ccc(F)cc1)C(=O)O.N[C@@H](CCN(Cc1ccccc1Oc1cccc(F)c1)Cc1ccccc1Oc1cccc(F)c1)C(=O)O.N[C@@H](CCN(Cc1ccccc1Oc1ccccc1F)Cc1ccccc1Oc1ccccc1F)C(=O)O. The number of ether oxygens (including phenoxy) is 6. The van der Waals surface area contributed by atoms with Crippen LogP contribution in [-0.2, 0) is 53.7 Å². The Kier molecular flexibility index (Phi) is 31.2. The van der Waals surface area contributed by atoms with Crippen LogP contribution in [0.2, 0.25) is 0 Å². The van der Waals surface area contributed by atoms with Crippen molar-refractivity contribution in [3.05, 3.63) is 359 Å². The Labute approximate surface area is 655 Å². The number of rotatable bonds is 36. The van der Waals surface area contributed by atoms with E-state index >= 15 is 0 Å². The molecule has 9 N–H and O–H groups in total. The largest absolute Gasteiger partial charge is 0.480 e. The van der Waals surface area contributed by atoms with E-state index < -0.39 is 59.3 Å². The minimum Gasteiger partial charge on any atom is -0.480 e. The highest BCUT2D eigenvalue weighted by molar-refractivity contribution is 5.74. The lowest BCUT2D eigenvalue weighted by Crippen LogP contribution is -2.35. The van der Waals surface area contributed by atoms with Gasteiger partial charge in [0.2, 0.25) is 0 Å². The molecule has 24 heteroatoms. The van der Waals surface area contributed by atoms with Crippen LogP contribution in [0.15, 0.2) is 291 Å². The van der Waals surface area contributed by atoms with Gasteiger partial charge in [-0.05, 0) is 153 Å². The van der Waals surface area contributed by atoms with E-state index in [2.05, 4.69) is 4.90 Å². The molecule has 588 valence electrons. The average Bonchev–Trinajstić information content (AvgIpc) is 0.856. The predicted octanol–water partition coefficient (Wildman–Crippen LogP) is 19.1. The van der Waals surface area contributed by atoms with Gasteiger partial charge in [0.25, 0.3) is 0 Å². The molecule has 0 saturated carbocycles. The van der Waals surface area contributed by atoms with Gasteiger partial charge in [-0.1, -0.05) is 146 Å². The Morgan fingerprint density at radius 2 is 0.491 bits per heavy atom. The molecule has 3 atom stereocenters. The number of aliphatic carboxylic acids is 3. The van der Waals surface area contributed by atoms with Gasteiger partial charge < -0.3 is 60.9 Å². The number of benzene rings is 12. The van der Waals surface area contributed by atoms with Crippen molar-refractivity contribution in [3.63, 3.8) is 0 Å². The first-order valence-electron chi connectivity index (χ1n) is 36.3. The van der Waals surface area contributed by atoms with E-state index in [1.807, 2.05) is 119 Å². The van der Waals surface area contributed by atoms with Crippen molar-refractivity contribution in [3.8, 4) is 69.0 Å². The molecule has 18 nitrogen and oxygen atoms in total. The summed E-state index contributed by atoms with van der Waals surface area (Å²) in [6.07, 6.45) is 0.647. The van der Waals surface area contributed by atoms with E-state index in [4.69, 9.17) is 45.6 Å². The highest BCUT2D eigenvalue weighted by atomic mass is 19.1. The highest BCUT2D eigenvalue weighted by Gasteiger charge is 2.23. The lowest BCUT2D eigenvalue weighted by molar-refractivity contribution is -0.139. The summed E-state index contributed by atoms with van der Waals surface area (Å²) in [5.74, 6) is -0.528. The fourth-order valence-electron chi connectivity index (χ4n) is 11.7. The van der Waals surface area contributed by atoms with Crippen LogP contribution in [0.5, 0.6) is 69.0 Å². The van der Waals surface area contributed by atoms with Crippen LogP contribution in [0.3, 0.4) is 0 Å². The first-order chi connectivity index (χ1) is 55.1. The Bertz CT molecular complexity index is 4830. The second-order valence-electron chi connectivity index (χ2n) is 26.3. The Morgan fingerprint density at radius 1 is 0.263 bits per heavy atom. The van der Waals surface area contributed by atoms with Gasteiger partial charge in [-0.2, -0.15) is 0 Å². The zero-order valence-electron chi connectivity index (χ0n) is 61.8. The van der Waals surface area contributed by atoms with E-state index in [-0.39, 0.29) is 42.4 Å². The molecule has 12 aromatic carbocycles. The number of nitrogens with zero attached hydrogens (tertiary/aromatic N) is 3. The maximum absolute atomic E-state index is 14.2. The Balaban J connectivity index is 0.000000181. The molecule has 0 fully saturated rings. The number of halogens is 6. The molecule has 0 amide bonds. The maximum Gasteiger partial charge on any atom is 0.320 e. The topological polar surface area (TPSA) is 255 Å². The number of para-hydroxylation sites is 8. The Hall–Kier alpha value is -12.8. The summed E-state index contributed by atoms with van der Waals surface area (Å²) >= 11 is 0. The lowest BCUT2D eigenvalue weighted by atomic mass is 10.1. The molecule has 0 spiro atoms. The minimum absolute atomic E-state index is 0.100. The van der Waals surface area contributed by atoms with Gasteiger partial charge in [0.05, 0.1) is 0 Å². The molecule has 0 aliphatic rings. The summed E-state index contributed by atoms with van der Waals surface area (Å²) in [6, 6.07) is 76.8. The molecule has 0 aromatic heterocycles. The van der Waals surface area contributed by atoms with Crippen LogP contribution in [0.25, 0.3) is 0 Å². The minimum atomic E-state index is -1.09. The molecule has 0 heterocycles. The number of hydrogen-bond acceptors (Lipinski definition) is 15. The first-order valence-corrected chi connectivity index (χ1v) is 36.3. The second-order valence-corrected chi connectivity index (χ2v) is 26.3. The normalized spacial score (nSPS) is 11.8. The van der Waals surface area contributed by atoms with E-state index in [0.717, 1.165) is 33.4 Å². The number of hydrogen-bond donors (Lipinski definition) is 6.